The van der Waals surface area contributed by atoms with E-state index in [0.29, 0.717) is 29.5 Å². The van der Waals surface area contributed by atoms with Crippen LogP contribution in [0.3, 0.4) is 0 Å². The van der Waals surface area contributed by atoms with Gasteiger partial charge >= 0.3 is 11.8 Å². The number of aryl methyl sites for hydroxylation is 1. The van der Waals surface area contributed by atoms with Crippen LogP contribution in [-0.4, -0.2) is 24.6 Å². The van der Waals surface area contributed by atoms with E-state index in [1.54, 1.807) is 38.3 Å². The highest BCUT2D eigenvalue weighted by molar-refractivity contribution is 6.39. The lowest BCUT2D eigenvalue weighted by atomic mass is 10.1. The van der Waals surface area contributed by atoms with Crippen molar-refractivity contribution in [3.63, 3.8) is 0 Å². The van der Waals surface area contributed by atoms with Crippen LogP contribution < -0.4 is 20.2 Å². The molecule has 0 aliphatic carbocycles. The van der Waals surface area contributed by atoms with Crippen LogP contribution in [0.2, 0.25) is 0 Å². The molecule has 33 heavy (non-hydrogen) atoms. The quantitative estimate of drug-likeness (QED) is 0.307. The molecular weight excluding hydrogens is 418 g/mol. The van der Waals surface area contributed by atoms with Crippen LogP contribution in [0.5, 0.6) is 11.5 Å². The number of carbonyl (C=O) groups excluding carboxylic acids is 2. The van der Waals surface area contributed by atoms with Gasteiger partial charge < -0.3 is 14.8 Å². The molecule has 7 nitrogen and oxygen atoms in total. The van der Waals surface area contributed by atoms with Crippen molar-refractivity contribution >= 4 is 23.2 Å². The molecule has 0 radical (unpaired) electrons. The van der Waals surface area contributed by atoms with E-state index in [1.165, 1.54) is 0 Å². The molecule has 0 spiro atoms. The van der Waals surface area contributed by atoms with Crippen molar-refractivity contribution in [3.8, 4) is 11.5 Å². The number of hydrazone groups is 1. The van der Waals surface area contributed by atoms with Gasteiger partial charge in [-0.2, -0.15) is 5.10 Å². The Morgan fingerprint density at radius 3 is 2.36 bits per heavy atom. The number of hydrogen-bond acceptors (Lipinski definition) is 5. The number of carbonyl (C=O) groups is 2. The van der Waals surface area contributed by atoms with E-state index < -0.39 is 11.8 Å². The van der Waals surface area contributed by atoms with E-state index in [2.05, 4.69) is 15.8 Å². The minimum atomic E-state index is -0.852. The Bertz CT molecular complexity index is 1140. The molecule has 2 amide bonds. The van der Waals surface area contributed by atoms with Crippen LogP contribution >= 0.6 is 0 Å². The van der Waals surface area contributed by atoms with Gasteiger partial charge in [-0.15, -0.1) is 0 Å². The summed E-state index contributed by atoms with van der Waals surface area (Å²) in [5, 5.41) is 6.68. The Hall–Kier alpha value is -4.13. The van der Waals surface area contributed by atoms with Gasteiger partial charge in [-0.3, -0.25) is 9.59 Å². The Kier molecular flexibility index (Phi) is 8.18. The largest absolute Gasteiger partial charge is 0.493 e. The monoisotopic (exact) mass is 445 g/mol. The first-order valence-electron chi connectivity index (χ1n) is 10.6. The normalized spacial score (nSPS) is 10.9. The first kappa shape index (κ1) is 23.5. The first-order chi connectivity index (χ1) is 16.0. The van der Waals surface area contributed by atoms with Crippen molar-refractivity contribution < 1.29 is 19.1 Å². The van der Waals surface area contributed by atoms with E-state index in [9.17, 15) is 9.59 Å². The van der Waals surface area contributed by atoms with Crippen LogP contribution in [0.4, 0.5) is 5.69 Å². The van der Waals surface area contributed by atoms with Crippen LogP contribution in [0.25, 0.3) is 0 Å². The number of hydrogen-bond donors (Lipinski definition) is 2. The first-order valence-corrected chi connectivity index (χ1v) is 10.6. The molecule has 0 aromatic heterocycles. The van der Waals surface area contributed by atoms with E-state index in [4.69, 9.17) is 9.47 Å². The maximum atomic E-state index is 12.2. The molecule has 3 rings (SSSR count). The second-order valence-corrected chi connectivity index (χ2v) is 7.24. The number of ether oxygens (including phenoxy) is 2. The molecule has 0 unspecified atom stereocenters. The van der Waals surface area contributed by atoms with Crippen LogP contribution in [-0.2, 0) is 22.6 Å². The topological polar surface area (TPSA) is 89.0 Å². The summed E-state index contributed by atoms with van der Waals surface area (Å²) < 4.78 is 11.3. The Morgan fingerprint density at radius 2 is 1.64 bits per heavy atom. The fourth-order valence-corrected chi connectivity index (χ4v) is 3.13. The van der Waals surface area contributed by atoms with Gasteiger partial charge in [-0.1, -0.05) is 55.5 Å². The fraction of sp³-hybridized carbons (Fsp3) is 0.192. The van der Waals surface area contributed by atoms with Crippen LogP contribution in [0, 0.1) is 0 Å². The molecule has 0 heterocycles. The van der Waals surface area contributed by atoms with Crippen LogP contribution in [0.1, 0.15) is 30.5 Å². The highest BCUT2D eigenvalue weighted by Gasteiger charge is 2.15. The van der Waals surface area contributed by atoms with E-state index in [0.717, 1.165) is 23.1 Å². The van der Waals surface area contributed by atoms with Gasteiger partial charge in [0.15, 0.2) is 11.5 Å². The summed E-state index contributed by atoms with van der Waals surface area (Å²) in [6, 6.07) is 22.5. The molecule has 0 aliphatic rings. The lowest BCUT2D eigenvalue weighted by Gasteiger charge is -2.12. The summed E-state index contributed by atoms with van der Waals surface area (Å²) in [6.45, 7) is 4.12. The number of anilines is 1. The number of methoxy groups -OCH3 is 1. The third-order valence-electron chi connectivity index (χ3n) is 5.00. The highest BCUT2D eigenvalue weighted by atomic mass is 16.5. The van der Waals surface area contributed by atoms with Crippen molar-refractivity contribution in [3.05, 3.63) is 89.5 Å². The Balaban J connectivity index is 1.63. The van der Waals surface area contributed by atoms with Gasteiger partial charge in [0.25, 0.3) is 0 Å². The molecule has 0 bridgehead atoms. The summed E-state index contributed by atoms with van der Waals surface area (Å²) >= 11 is 0. The molecule has 0 atom stereocenters. The molecule has 3 aromatic rings. The average molecular weight is 446 g/mol. The highest BCUT2D eigenvalue weighted by Crippen LogP contribution is 2.29. The zero-order valence-electron chi connectivity index (χ0n) is 18.9. The zero-order valence-corrected chi connectivity index (χ0v) is 18.9. The maximum Gasteiger partial charge on any atom is 0.329 e. The minimum absolute atomic E-state index is 0.413. The molecule has 7 heteroatoms. The van der Waals surface area contributed by atoms with Crippen LogP contribution in [0.15, 0.2) is 77.9 Å². The SMILES string of the molecule is CCc1ccccc1NC(=O)C(=O)N/N=C(\C)c1ccc(OCc2ccccc2)c(OC)c1. The molecule has 0 saturated carbocycles. The molecule has 0 fully saturated rings. The standard InChI is InChI=1S/C26H27N3O4/c1-4-20-12-8-9-13-22(20)27-25(30)26(31)29-28-18(2)21-14-15-23(24(16-21)32-3)33-17-19-10-6-5-7-11-19/h5-16H,4,17H2,1-3H3,(H,27,30)(H,29,31)/b28-18+. The predicted molar refractivity (Wildman–Crippen MR) is 129 cm³/mol. The Labute approximate surface area is 193 Å². The third-order valence-corrected chi connectivity index (χ3v) is 5.00. The zero-order chi connectivity index (χ0) is 23.6. The lowest BCUT2D eigenvalue weighted by molar-refractivity contribution is -0.136. The number of nitrogens with zero attached hydrogens (tertiary/aromatic N) is 1. The summed E-state index contributed by atoms with van der Waals surface area (Å²) in [4.78, 5) is 24.4. The molecule has 0 saturated heterocycles. The van der Waals surface area contributed by atoms with Gasteiger partial charge in [0, 0.05) is 11.3 Å². The fourth-order valence-electron chi connectivity index (χ4n) is 3.13. The number of rotatable bonds is 8. The van der Waals surface area contributed by atoms with Crippen molar-refractivity contribution in [1.29, 1.82) is 0 Å². The second kappa shape index (κ2) is 11.5. The number of amides is 2. The lowest BCUT2D eigenvalue weighted by Crippen LogP contribution is -2.33. The average Bonchev–Trinajstić information content (AvgIpc) is 2.86. The maximum absolute atomic E-state index is 12.2. The molecule has 3 aromatic carbocycles. The molecule has 0 aliphatic heterocycles. The predicted octanol–water partition coefficient (Wildman–Crippen LogP) is 4.32. The van der Waals surface area contributed by atoms with E-state index in [1.807, 2.05) is 55.5 Å². The summed E-state index contributed by atoms with van der Waals surface area (Å²) in [7, 11) is 1.56. The Morgan fingerprint density at radius 1 is 0.909 bits per heavy atom. The van der Waals surface area contributed by atoms with Gasteiger partial charge in [0.1, 0.15) is 6.61 Å². The number of benzene rings is 3. The summed E-state index contributed by atoms with van der Waals surface area (Å²) in [5.74, 6) is -0.501. The van der Waals surface area contributed by atoms with Gasteiger partial charge in [0.05, 0.1) is 12.8 Å². The van der Waals surface area contributed by atoms with E-state index in [-0.39, 0.29) is 0 Å². The third kappa shape index (κ3) is 6.43. The molecular formula is C26H27N3O4. The number of nitrogens with one attached hydrogen (secondary N) is 2. The van der Waals surface area contributed by atoms with Crippen molar-refractivity contribution in [1.82, 2.24) is 5.43 Å². The second-order valence-electron chi connectivity index (χ2n) is 7.24. The minimum Gasteiger partial charge on any atom is -0.493 e. The van der Waals surface area contributed by atoms with Crippen molar-refractivity contribution in [2.24, 2.45) is 5.10 Å². The summed E-state index contributed by atoms with van der Waals surface area (Å²) in [6.07, 6.45) is 0.738. The smallest absolute Gasteiger partial charge is 0.329 e. The van der Waals surface area contributed by atoms with Gasteiger partial charge in [-0.05, 0) is 48.7 Å². The summed E-state index contributed by atoms with van der Waals surface area (Å²) in [5.41, 5.74) is 6.13. The van der Waals surface area contributed by atoms with E-state index >= 15 is 0 Å². The number of para-hydroxylation sites is 1. The van der Waals surface area contributed by atoms with Crippen molar-refractivity contribution in [2.75, 3.05) is 12.4 Å². The van der Waals surface area contributed by atoms with Crippen molar-refractivity contribution in [2.45, 2.75) is 26.9 Å². The van der Waals surface area contributed by atoms with Gasteiger partial charge in [0.2, 0.25) is 0 Å². The van der Waals surface area contributed by atoms with Gasteiger partial charge in [-0.25, -0.2) is 5.43 Å². The molecule has 2 N–H and O–H groups in total. The molecule has 170 valence electrons.